The van der Waals surface area contributed by atoms with Gasteiger partial charge >= 0.3 is 6.18 Å². The molecule has 1 N–H and O–H groups in total. The zero-order chi connectivity index (χ0) is 14.4. The van der Waals surface area contributed by atoms with Crippen molar-refractivity contribution in [2.24, 2.45) is 5.92 Å². The Morgan fingerprint density at radius 2 is 2.20 bits per heavy atom. The van der Waals surface area contributed by atoms with Crippen LogP contribution in [0.4, 0.5) is 13.2 Å². The minimum Gasteiger partial charge on any atom is -0.297 e. The fourth-order valence-corrected chi connectivity index (χ4v) is 2.46. The Kier molecular flexibility index (Phi) is 3.03. The third-order valence-corrected chi connectivity index (χ3v) is 3.80. The second kappa shape index (κ2) is 4.51. The summed E-state index contributed by atoms with van der Waals surface area (Å²) in [5.41, 5.74) is -2.23. The van der Waals surface area contributed by atoms with Gasteiger partial charge in [0.1, 0.15) is 6.54 Å². The Morgan fingerprint density at radius 3 is 2.75 bits per heavy atom. The fraction of sp³-hybridized carbons (Fsp3) is 0.818. The van der Waals surface area contributed by atoms with E-state index in [1.807, 2.05) is 0 Å². The molecular formula is C11H14F3N5O. The molecule has 0 spiro atoms. The van der Waals surface area contributed by atoms with Crippen molar-refractivity contribution in [3.05, 3.63) is 5.82 Å². The van der Waals surface area contributed by atoms with Gasteiger partial charge in [0.2, 0.25) is 5.82 Å². The molecule has 2 fully saturated rings. The van der Waals surface area contributed by atoms with E-state index >= 15 is 0 Å². The standard InChI is InChI=1S/C11H14F3N5O/c12-11(13,14)10(4-1-5-15-10)9-16-18-19(17-9)6-8(20)7-2-3-7/h7,15H,1-6H2. The number of aromatic nitrogens is 4. The van der Waals surface area contributed by atoms with E-state index in [1.54, 1.807) is 0 Å². The van der Waals surface area contributed by atoms with Gasteiger partial charge < -0.3 is 0 Å². The first-order valence-electron chi connectivity index (χ1n) is 6.55. The molecule has 0 bridgehead atoms. The van der Waals surface area contributed by atoms with Gasteiger partial charge in [0.25, 0.3) is 0 Å². The molecule has 0 aromatic carbocycles. The van der Waals surface area contributed by atoms with E-state index in [9.17, 15) is 18.0 Å². The zero-order valence-electron chi connectivity index (χ0n) is 10.7. The lowest BCUT2D eigenvalue weighted by atomic mass is 9.96. The number of carbonyl (C=O) groups is 1. The van der Waals surface area contributed by atoms with Crippen molar-refractivity contribution in [1.82, 2.24) is 25.5 Å². The molecule has 1 saturated carbocycles. The topological polar surface area (TPSA) is 72.7 Å². The average Bonchev–Trinajstić information content (AvgIpc) is 2.90. The first-order chi connectivity index (χ1) is 9.42. The molecule has 1 aliphatic heterocycles. The highest BCUT2D eigenvalue weighted by Crippen LogP contribution is 2.43. The Bertz CT molecular complexity index is 516. The van der Waals surface area contributed by atoms with Crippen molar-refractivity contribution >= 4 is 5.78 Å². The van der Waals surface area contributed by atoms with Gasteiger partial charge in [-0.2, -0.15) is 18.0 Å². The molecule has 20 heavy (non-hydrogen) atoms. The molecule has 6 nitrogen and oxygen atoms in total. The number of hydrogen-bond acceptors (Lipinski definition) is 5. The molecule has 0 amide bonds. The number of hydrogen-bond donors (Lipinski definition) is 1. The predicted octanol–water partition coefficient (Wildman–Crippen LogP) is 0.793. The third-order valence-electron chi connectivity index (χ3n) is 3.80. The first kappa shape index (κ1) is 13.5. The summed E-state index contributed by atoms with van der Waals surface area (Å²) in [6.45, 7) is 0.153. The molecule has 1 aromatic rings. The Hall–Kier alpha value is -1.51. The van der Waals surface area contributed by atoms with Gasteiger partial charge in [-0.25, -0.2) is 0 Å². The van der Waals surface area contributed by atoms with Crippen molar-refractivity contribution in [1.29, 1.82) is 0 Å². The summed E-state index contributed by atoms with van der Waals surface area (Å²) in [5, 5.41) is 13.3. The highest BCUT2D eigenvalue weighted by Gasteiger charge is 2.60. The van der Waals surface area contributed by atoms with E-state index in [2.05, 4.69) is 20.7 Å². The molecule has 1 aromatic heterocycles. The van der Waals surface area contributed by atoms with E-state index in [4.69, 9.17) is 0 Å². The van der Waals surface area contributed by atoms with Gasteiger partial charge in [0, 0.05) is 5.92 Å². The SMILES string of the molecule is O=C(Cn1nnc(C2(C(F)(F)F)CCCN2)n1)C1CC1. The van der Waals surface area contributed by atoms with Gasteiger partial charge in [-0.05, 0) is 37.4 Å². The number of Topliss-reactive ketones (excluding diaryl/α,β-unsaturated/α-hetero) is 1. The van der Waals surface area contributed by atoms with E-state index in [-0.39, 0.29) is 31.2 Å². The van der Waals surface area contributed by atoms with Crippen LogP contribution in [-0.4, -0.2) is 38.7 Å². The summed E-state index contributed by atoms with van der Waals surface area (Å²) in [6, 6.07) is 0. The van der Waals surface area contributed by atoms with Gasteiger partial charge in [-0.15, -0.1) is 10.2 Å². The van der Waals surface area contributed by atoms with Crippen molar-refractivity contribution in [3.8, 4) is 0 Å². The predicted molar refractivity (Wildman–Crippen MR) is 60.5 cm³/mol. The Labute approximate surface area is 112 Å². The van der Waals surface area contributed by atoms with Crippen molar-refractivity contribution < 1.29 is 18.0 Å². The highest BCUT2D eigenvalue weighted by molar-refractivity contribution is 5.82. The number of nitrogens with one attached hydrogen (secondary N) is 1. The maximum absolute atomic E-state index is 13.3. The molecule has 2 aliphatic rings. The van der Waals surface area contributed by atoms with E-state index in [0.717, 1.165) is 17.6 Å². The van der Waals surface area contributed by atoms with Crippen LogP contribution < -0.4 is 5.32 Å². The van der Waals surface area contributed by atoms with E-state index < -0.39 is 17.5 Å². The molecule has 1 atom stereocenters. The lowest BCUT2D eigenvalue weighted by Gasteiger charge is -2.28. The van der Waals surface area contributed by atoms with Gasteiger partial charge in [-0.1, -0.05) is 0 Å². The third kappa shape index (κ3) is 2.19. The average molecular weight is 289 g/mol. The quantitative estimate of drug-likeness (QED) is 0.887. The number of tetrazole rings is 1. The number of halogens is 3. The normalized spacial score (nSPS) is 26.9. The molecule has 1 saturated heterocycles. The van der Waals surface area contributed by atoms with Crippen LogP contribution in [0.2, 0.25) is 0 Å². The lowest BCUT2D eigenvalue weighted by Crippen LogP contribution is -2.50. The Balaban J connectivity index is 1.82. The maximum atomic E-state index is 13.3. The molecule has 9 heteroatoms. The van der Waals surface area contributed by atoms with Crippen LogP contribution in [0.15, 0.2) is 0 Å². The van der Waals surface area contributed by atoms with Gasteiger partial charge in [0.15, 0.2) is 11.3 Å². The minimum absolute atomic E-state index is 0.0191. The largest absolute Gasteiger partial charge is 0.414 e. The van der Waals surface area contributed by atoms with Gasteiger partial charge in [0.05, 0.1) is 0 Å². The Morgan fingerprint density at radius 1 is 1.45 bits per heavy atom. The first-order valence-corrected chi connectivity index (χ1v) is 6.55. The number of nitrogens with zero attached hydrogens (tertiary/aromatic N) is 4. The number of rotatable bonds is 4. The molecule has 2 heterocycles. The molecule has 110 valence electrons. The van der Waals surface area contributed by atoms with Crippen LogP contribution in [0.5, 0.6) is 0 Å². The zero-order valence-corrected chi connectivity index (χ0v) is 10.7. The number of alkyl halides is 3. The summed E-state index contributed by atoms with van der Waals surface area (Å²) >= 11 is 0. The molecule has 3 rings (SSSR count). The molecule has 1 unspecified atom stereocenters. The van der Waals surface area contributed by atoms with E-state index in [1.165, 1.54) is 0 Å². The van der Waals surface area contributed by atoms with Crippen molar-refractivity contribution in [2.75, 3.05) is 6.54 Å². The van der Waals surface area contributed by atoms with Crippen LogP contribution in [-0.2, 0) is 16.9 Å². The fourth-order valence-electron chi connectivity index (χ4n) is 2.46. The van der Waals surface area contributed by atoms with Gasteiger partial charge in [-0.3, -0.25) is 10.1 Å². The van der Waals surface area contributed by atoms with Crippen LogP contribution in [0.1, 0.15) is 31.5 Å². The number of ketones is 1. The summed E-state index contributed by atoms with van der Waals surface area (Å²) in [5.74, 6) is -0.425. The summed E-state index contributed by atoms with van der Waals surface area (Å²) in [7, 11) is 0. The molecule has 1 aliphatic carbocycles. The second-order valence-electron chi connectivity index (χ2n) is 5.32. The number of carbonyl (C=O) groups excluding carboxylic acids is 1. The maximum Gasteiger partial charge on any atom is 0.414 e. The molecule has 0 radical (unpaired) electrons. The van der Waals surface area contributed by atoms with Crippen LogP contribution >= 0.6 is 0 Å². The summed E-state index contributed by atoms with van der Waals surface area (Å²) in [4.78, 5) is 12.6. The smallest absolute Gasteiger partial charge is 0.297 e. The summed E-state index contributed by atoms with van der Waals surface area (Å²) < 4.78 is 39.8. The van der Waals surface area contributed by atoms with Crippen LogP contribution in [0.3, 0.4) is 0 Å². The highest BCUT2D eigenvalue weighted by atomic mass is 19.4. The summed E-state index contributed by atoms with van der Waals surface area (Å²) in [6.07, 6.45) is -2.52. The monoisotopic (exact) mass is 289 g/mol. The van der Waals surface area contributed by atoms with Crippen LogP contribution in [0, 0.1) is 5.92 Å². The van der Waals surface area contributed by atoms with Crippen molar-refractivity contribution in [2.45, 2.75) is 43.9 Å². The second-order valence-corrected chi connectivity index (χ2v) is 5.32. The van der Waals surface area contributed by atoms with E-state index in [0.29, 0.717) is 6.42 Å². The lowest BCUT2D eigenvalue weighted by molar-refractivity contribution is -0.198. The van der Waals surface area contributed by atoms with Crippen molar-refractivity contribution in [3.63, 3.8) is 0 Å². The molecular weight excluding hydrogens is 275 g/mol. The van der Waals surface area contributed by atoms with Crippen LogP contribution in [0.25, 0.3) is 0 Å². The minimum atomic E-state index is -4.49.